The molecule has 7 heteroatoms. The fourth-order valence-corrected chi connectivity index (χ4v) is 2.19. The second-order valence-corrected chi connectivity index (χ2v) is 5.26. The summed E-state index contributed by atoms with van der Waals surface area (Å²) >= 11 is 0. The number of nitrogens with one attached hydrogen (secondary N) is 1. The van der Waals surface area contributed by atoms with Crippen molar-refractivity contribution >= 4 is 17.6 Å². The van der Waals surface area contributed by atoms with Crippen molar-refractivity contribution in [1.29, 1.82) is 0 Å². The van der Waals surface area contributed by atoms with Crippen molar-refractivity contribution in [2.45, 2.75) is 13.8 Å². The van der Waals surface area contributed by atoms with Gasteiger partial charge in [-0.25, -0.2) is 9.48 Å². The minimum absolute atomic E-state index is 0.146. The fourth-order valence-electron chi connectivity index (χ4n) is 2.19. The van der Waals surface area contributed by atoms with Gasteiger partial charge in [0.1, 0.15) is 5.56 Å². The summed E-state index contributed by atoms with van der Waals surface area (Å²) in [5.41, 5.74) is 1.95. The molecule has 0 saturated carbocycles. The Balaban J connectivity index is 2.23. The van der Waals surface area contributed by atoms with Gasteiger partial charge in [-0.15, -0.1) is 0 Å². The standard InChI is InChI=1S/C16H19N3O4/c1-10(9-23-3)15(20)18-12-5-4-6-13(7-12)19-11(2)14(8-17-19)16(21)22/h4-8,10H,9H2,1-3H3,(H,18,20)(H,21,22). The third kappa shape index (κ3) is 3.75. The van der Waals surface area contributed by atoms with Crippen molar-refractivity contribution in [3.05, 3.63) is 41.7 Å². The molecule has 1 heterocycles. The largest absolute Gasteiger partial charge is 0.478 e. The van der Waals surface area contributed by atoms with Crippen molar-refractivity contribution in [3.63, 3.8) is 0 Å². The second-order valence-electron chi connectivity index (χ2n) is 5.26. The van der Waals surface area contributed by atoms with Gasteiger partial charge in [0.15, 0.2) is 0 Å². The molecule has 1 atom stereocenters. The number of carbonyl (C=O) groups is 2. The van der Waals surface area contributed by atoms with Gasteiger partial charge < -0.3 is 15.2 Å². The number of nitrogens with zero attached hydrogens (tertiary/aromatic N) is 2. The van der Waals surface area contributed by atoms with Crippen molar-refractivity contribution in [2.24, 2.45) is 5.92 Å². The summed E-state index contributed by atoms with van der Waals surface area (Å²) in [7, 11) is 1.55. The summed E-state index contributed by atoms with van der Waals surface area (Å²) in [5.74, 6) is -1.44. The second kappa shape index (κ2) is 7.06. The molecule has 1 aromatic carbocycles. The van der Waals surface area contributed by atoms with Crippen LogP contribution in [0.5, 0.6) is 0 Å². The van der Waals surface area contributed by atoms with E-state index in [1.54, 1.807) is 45.2 Å². The first-order valence-electron chi connectivity index (χ1n) is 7.12. The number of rotatable bonds is 6. The normalized spacial score (nSPS) is 12.0. The maximum absolute atomic E-state index is 12.0. The van der Waals surface area contributed by atoms with E-state index in [1.807, 2.05) is 0 Å². The Kier molecular flexibility index (Phi) is 5.13. The summed E-state index contributed by atoms with van der Waals surface area (Å²) in [6.07, 6.45) is 1.31. The van der Waals surface area contributed by atoms with E-state index in [2.05, 4.69) is 10.4 Å². The number of amides is 1. The Bertz CT molecular complexity index is 724. The summed E-state index contributed by atoms with van der Waals surface area (Å²) in [6, 6.07) is 7.06. The first-order valence-corrected chi connectivity index (χ1v) is 7.12. The highest BCUT2D eigenvalue weighted by Gasteiger charge is 2.15. The predicted molar refractivity (Wildman–Crippen MR) is 84.9 cm³/mol. The Morgan fingerprint density at radius 1 is 1.43 bits per heavy atom. The quantitative estimate of drug-likeness (QED) is 0.851. The molecule has 1 aromatic heterocycles. The number of hydrogen-bond acceptors (Lipinski definition) is 4. The van der Waals surface area contributed by atoms with E-state index in [0.29, 0.717) is 23.7 Å². The molecule has 0 spiro atoms. The lowest BCUT2D eigenvalue weighted by molar-refractivity contribution is -0.120. The summed E-state index contributed by atoms with van der Waals surface area (Å²) in [4.78, 5) is 23.1. The fraction of sp³-hybridized carbons (Fsp3) is 0.312. The molecule has 0 aliphatic heterocycles. The summed E-state index contributed by atoms with van der Waals surface area (Å²) in [5, 5.41) is 16.0. The third-order valence-corrected chi connectivity index (χ3v) is 3.46. The molecular formula is C16H19N3O4. The summed E-state index contributed by atoms with van der Waals surface area (Å²) in [6.45, 7) is 3.80. The maximum Gasteiger partial charge on any atom is 0.339 e. The van der Waals surface area contributed by atoms with Gasteiger partial charge in [0.05, 0.1) is 30.1 Å². The highest BCUT2D eigenvalue weighted by molar-refractivity contribution is 5.92. The van der Waals surface area contributed by atoms with Crippen LogP contribution >= 0.6 is 0 Å². The van der Waals surface area contributed by atoms with E-state index in [4.69, 9.17) is 9.84 Å². The number of benzene rings is 1. The molecule has 2 aromatic rings. The van der Waals surface area contributed by atoms with Crippen molar-refractivity contribution in [1.82, 2.24) is 9.78 Å². The Morgan fingerprint density at radius 3 is 2.78 bits per heavy atom. The van der Waals surface area contributed by atoms with Crippen molar-refractivity contribution < 1.29 is 19.4 Å². The van der Waals surface area contributed by atoms with Crippen molar-refractivity contribution in [3.8, 4) is 5.69 Å². The molecular weight excluding hydrogens is 298 g/mol. The van der Waals surface area contributed by atoms with Gasteiger partial charge >= 0.3 is 5.97 Å². The molecule has 7 nitrogen and oxygen atoms in total. The lowest BCUT2D eigenvalue weighted by atomic mass is 10.1. The van der Waals surface area contributed by atoms with Gasteiger partial charge in [-0.2, -0.15) is 5.10 Å². The van der Waals surface area contributed by atoms with Crippen LogP contribution in [-0.2, 0) is 9.53 Å². The average molecular weight is 317 g/mol. The molecule has 0 aliphatic rings. The smallest absolute Gasteiger partial charge is 0.339 e. The first-order chi connectivity index (χ1) is 10.9. The van der Waals surface area contributed by atoms with Crippen LogP contribution in [0.3, 0.4) is 0 Å². The summed E-state index contributed by atoms with van der Waals surface area (Å²) < 4.78 is 6.49. The number of ether oxygens (including phenoxy) is 1. The van der Waals surface area contributed by atoms with Gasteiger partial charge in [0, 0.05) is 12.8 Å². The van der Waals surface area contributed by atoms with E-state index in [0.717, 1.165) is 0 Å². The molecule has 23 heavy (non-hydrogen) atoms. The van der Waals surface area contributed by atoms with Crippen LogP contribution in [0.25, 0.3) is 5.69 Å². The van der Waals surface area contributed by atoms with Gasteiger partial charge in [-0.3, -0.25) is 4.79 Å². The minimum Gasteiger partial charge on any atom is -0.478 e. The number of hydrogen-bond donors (Lipinski definition) is 2. The maximum atomic E-state index is 12.0. The Hall–Kier alpha value is -2.67. The molecule has 0 aliphatic carbocycles. The molecule has 1 unspecified atom stereocenters. The van der Waals surface area contributed by atoms with Crippen LogP contribution in [0.4, 0.5) is 5.69 Å². The van der Waals surface area contributed by atoms with Gasteiger partial charge in [0.2, 0.25) is 5.91 Å². The van der Waals surface area contributed by atoms with Crippen molar-refractivity contribution in [2.75, 3.05) is 19.0 Å². The van der Waals surface area contributed by atoms with E-state index in [9.17, 15) is 9.59 Å². The van der Waals surface area contributed by atoms with Gasteiger partial charge in [-0.05, 0) is 25.1 Å². The SMILES string of the molecule is COCC(C)C(=O)Nc1cccc(-n2ncc(C(=O)O)c2C)c1. The zero-order valence-electron chi connectivity index (χ0n) is 13.2. The minimum atomic E-state index is -1.02. The predicted octanol–water partition coefficient (Wildman–Crippen LogP) is 2.10. The lowest BCUT2D eigenvalue weighted by Gasteiger charge is -2.12. The molecule has 0 bridgehead atoms. The Labute approximate surface area is 133 Å². The first kappa shape index (κ1) is 16.7. The number of carbonyl (C=O) groups excluding carboxylic acids is 1. The Morgan fingerprint density at radius 2 is 2.17 bits per heavy atom. The van der Waals surface area contributed by atoms with Crippen LogP contribution in [0.1, 0.15) is 23.0 Å². The highest BCUT2D eigenvalue weighted by Crippen LogP contribution is 2.18. The van der Waals surface area contributed by atoms with Gasteiger partial charge in [0.25, 0.3) is 0 Å². The monoisotopic (exact) mass is 317 g/mol. The molecule has 2 N–H and O–H groups in total. The van der Waals surface area contributed by atoms with Crippen LogP contribution in [0, 0.1) is 12.8 Å². The number of carboxylic acid groups (broad SMARTS) is 1. The molecule has 0 fully saturated rings. The third-order valence-electron chi connectivity index (χ3n) is 3.46. The van der Waals surface area contributed by atoms with Gasteiger partial charge in [-0.1, -0.05) is 13.0 Å². The number of carboxylic acids is 1. The lowest BCUT2D eigenvalue weighted by Crippen LogP contribution is -2.23. The zero-order chi connectivity index (χ0) is 17.0. The number of aromatic carboxylic acids is 1. The topological polar surface area (TPSA) is 93.5 Å². The van der Waals surface area contributed by atoms with E-state index in [-0.39, 0.29) is 17.4 Å². The van der Waals surface area contributed by atoms with Crippen LogP contribution in [0.15, 0.2) is 30.5 Å². The number of anilines is 1. The number of aromatic nitrogens is 2. The van der Waals surface area contributed by atoms with Crippen LogP contribution in [0.2, 0.25) is 0 Å². The highest BCUT2D eigenvalue weighted by atomic mass is 16.5. The molecule has 0 saturated heterocycles. The molecule has 1 amide bonds. The van der Waals surface area contributed by atoms with E-state index >= 15 is 0 Å². The van der Waals surface area contributed by atoms with E-state index < -0.39 is 5.97 Å². The van der Waals surface area contributed by atoms with E-state index in [1.165, 1.54) is 10.9 Å². The average Bonchev–Trinajstić information content (AvgIpc) is 2.89. The zero-order valence-corrected chi connectivity index (χ0v) is 13.2. The number of methoxy groups -OCH3 is 1. The van der Waals surface area contributed by atoms with Crippen LogP contribution < -0.4 is 5.32 Å². The molecule has 122 valence electrons. The molecule has 2 rings (SSSR count). The molecule has 0 radical (unpaired) electrons. The van der Waals surface area contributed by atoms with Crippen LogP contribution in [-0.4, -0.2) is 40.5 Å².